The fourth-order valence-corrected chi connectivity index (χ4v) is 4.44. The number of carbonyl (C=O) groups is 1. The van der Waals surface area contributed by atoms with Crippen LogP contribution >= 0.6 is 11.8 Å². The standard InChI is InChI=1S/C17H23N5OS/c23-17(21-9-11-24-12-10-21)13-14-2-6-20(7-3-14)15-4-8-22-16(19-15)1-5-18-22/h1,4-5,8,14H,2-3,6-7,9-13H2. The molecular formula is C17H23N5OS. The lowest BCUT2D eigenvalue weighted by atomic mass is 9.93. The number of hydrogen-bond acceptors (Lipinski definition) is 5. The Morgan fingerprint density at radius 3 is 2.75 bits per heavy atom. The summed E-state index contributed by atoms with van der Waals surface area (Å²) >= 11 is 1.95. The van der Waals surface area contributed by atoms with E-state index in [9.17, 15) is 4.79 Å². The van der Waals surface area contributed by atoms with Crippen LogP contribution in [0.5, 0.6) is 0 Å². The zero-order valence-corrected chi connectivity index (χ0v) is 14.6. The van der Waals surface area contributed by atoms with Crippen LogP contribution in [-0.2, 0) is 4.79 Å². The molecule has 6 nitrogen and oxygen atoms in total. The number of fused-ring (bicyclic) bond motifs is 1. The van der Waals surface area contributed by atoms with Gasteiger partial charge in [-0.1, -0.05) is 0 Å². The van der Waals surface area contributed by atoms with E-state index in [0.717, 1.165) is 62.0 Å². The molecule has 1 amide bonds. The molecule has 0 aromatic carbocycles. The Kier molecular flexibility index (Phi) is 4.60. The third-order valence-corrected chi connectivity index (χ3v) is 5.95. The number of amides is 1. The number of carbonyl (C=O) groups excluding carboxylic acids is 1. The molecule has 4 heterocycles. The molecule has 2 fully saturated rings. The van der Waals surface area contributed by atoms with Gasteiger partial charge in [-0.15, -0.1) is 0 Å². The largest absolute Gasteiger partial charge is 0.356 e. The zero-order chi connectivity index (χ0) is 16.4. The van der Waals surface area contributed by atoms with E-state index in [2.05, 4.69) is 19.9 Å². The highest BCUT2D eigenvalue weighted by Gasteiger charge is 2.25. The van der Waals surface area contributed by atoms with Gasteiger partial charge >= 0.3 is 0 Å². The van der Waals surface area contributed by atoms with E-state index in [1.165, 1.54) is 0 Å². The molecule has 128 valence electrons. The SMILES string of the molecule is O=C(CC1CCN(c2ccn3nccc3n2)CC1)N1CCSCC1. The maximum atomic E-state index is 12.4. The molecule has 2 aliphatic rings. The summed E-state index contributed by atoms with van der Waals surface area (Å²) < 4.78 is 1.78. The van der Waals surface area contributed by atoms with Gasteiger partial charge in [0.25, 0.3) is 0 Å². The summed E-state index contributed by atoms with van der Waals surface area (Å²) in [6.45, 7) is 3.81. The third-order valence-electron chi connectivity index (χ3n) is 5.01. The second kappa shape index (κ2) is 7.01. The molecule has 0 spiro atoms. The van der Waals surface area contributed by atoms with Crippen molar-refractivity contribution in [3.8, 4) is 0 Å². The van der Waals surface area contributed by atoms with Crippen LogP contribution in [0.4, 0.5) is 5.82 Å². The van der Waals surface area contributed by atoms with E-state index >= 15 is 0 Å². The molecule has 7 heteroatoms. The summed E-state index contributed by atoms with van der Waals surface area (Å²) in [6.07, 6.45) is 6.58. The van der Waals surface area contributed by atoms with Crippen LogP contribution in [0.3, 0.4) is 0 Å². The fraction of sp³-hybridized carbons (Fsp3) is 0.588. The second-order valence-electron chi connectivity index (χ2n) is 6.55. The summed E-state index contributed by atoms with van der Waals surface area (Å²) in [7, 11) is 0. The van der Waals surface area contributed by atoms with Crippen molar-refractivity contribution in [3.63, 3.8) is 0 Å². The first-order valence-corrected chi connectivity index (χ1v) is 9.86. The van der Waals surface area contributed by atoms with Gasteiger partial charge in [0, 0.05) is 56.4 Å². The molecule has 2 aliphatic heterocycles. The maximum Gasteiger partial charge on any atom is 0.222 e. The lowest BCUT2D eigenvalue weighted by molar-refractivity contribution is -0.132. The number of anilines is 1. The molecule has 0 unspecified atom stereocenters. The summed E-state index contributed by atoms with van der Waals surface area (Å²) in [4.78, 5) is 21.5. The highest BCUT2D eigenvalue weighted by atomic mass is 32.2. The van der Waals surface area contributed by atoms with Gasteiger partial charge in [-0.05, 0) is 24.8 Å². The zero-order valence-electron chi connectivity index (χ0n) is 13.8. The van der Waals surface area contributed by atoms with Crippen LogP contribution in [-0.4, -0.2) is 63.1 Å². The molecule has 0 N–H and O–H groups in total. The van der Waals surface area contributed by atoms with Crippen molar-refractivity contribution >= 4 is 29.1 Å². The Morgan fingerprint density at radius 1 is 1.17 bits per heavy atom. The van der Waals surface area contributed by atoms with Crippen LogP contribution in [0, 0.1) is 5.92 Å². The quantitative estimate of drug-likeness (QED) is 0.851. The van der Waals surface area contributed by atoms with Crippen LogP contribution in [0.15, 0.2) is 24.5 Å². The predicted molar refractivity (Wildman–Crippen MR) is 96.4 cm³/mol. The Bertz CT molecular complexity index is 704. The first kappa shape index (κ1) is 15.7. The summed E-state index contributed by atoms with van der Waals surface area (Å²) in [5.74, 6) is 4.07. The van der Waals surface area contributed by atoms with Crippen LogP contribution in [0.2, 0.25) is 0 Å². The smallest absolute Gasteiger partial charge is 0.222 e. The minimum absolute atomic E-state index is 0.354. The van der Waals surface area contributed by atoms with E-state index < -0.39 is 0 Å². The average Bonchev–Trinajstić information content (AvgIpc) is 3.11. The molecule has 0 saturated carbocycles. The van der Waals surface area contributed by atoms with E-state index in [1.54, 1.807) is 10.7 Å². The Balaban J connectivity index is 1.32. The molecule has 0 bridgehead atoms. The van der Waals surface area contributed by atoms with E-state index in [-0.39, 0.29) is 0 Å². The third kappa shape index (κ3) is 3.36. The number of rotatable bonds is 3. The number of nitrogens with zero attached hydrogens (tertiary/aromatic N) is 5. The van der Waals surface area contributed by atoms with Gasteiger partial charge in [-0.3, -0.25) is 4.79 Å². The Hall–Kier alpha value is -1.76. The van der Waals surface area contributed by atoms with E-state index in [4.69, 9.17) is 0 Å². The Morgan fingerprint density at radius 2 is 1.96 bits per heavy atom. The molecule has 2 saturated heterocycles. The molecular weight excluding hydrogens is 322 g/mol. The van der Waals surface area contributed by atoms with E-state index in [0.29, 0.717) is 18.2 Å². The first-order chi connectivity index (χ1) is 11.8. The number of aromatic nitrogens is 3. The van der Waals surface area contributed by atoms with Crippen molar-refractivity contribution in [2.24, 2.45) is 5.92 Å². The van der Waals surface area contributed by atoms with Crippen molar-refractivity contribution in [2.75, 3.05) is 42.6 Å². The number of piperidine rings is 1. The number of hydrogen-bond donors (Lipinski definition) is 0. The highest BCUT2D eigenvalue weighted by molar-refractivity contribution is 7.99. The topological polar surface area (TPSA) is 53.7 Å². The van der Waals surface area contributed by atoms with Gasteiger partial charge < -0.3 is 9.80 Å². The van der Waals surface area contributed by atoms with Gasteiger partial charge in [-0.25, -0.2) is 9.50 Å². The molecule has 2 aromatic rings. The normalized spacial score (nSPS) is 19.8. The lowest BCUT2D eigenvalue weighted by Crippen LogP contribution is -2.40. The summed E-state index contributed by atoms with van der Waals surface area (Å²) in [5, 5.41) is 4.19. The van der Waals surface area contributed by atoms with Crippen LogP contribution in [0.25, 0.3) is 5.65 Å². The van der Waals surface area contributed by atoms with E-state index in [1.807, 2.05) is 30.1 Å². The van der Waals surface area contributed by atoms with Crippen molar-refractivity contribution in [2.45, 2.75) is 19.3 Å². The van der Waals surface area contributed by atoms with Gasteiger partial charge in [0.05, 0.1) is 6.20 Å². The molecule has 24 heavy (non-hydrogen) atoms. The number of thioether (sulfide) groups is 1. The Labute approximate surface area is 146 Å². The molecule has 0 aliphatic carbocycles. The maximum absolute atomic E-state index is 12.4. The fourth-order valence-electron chi connectivity index (χ4n) is 3.53. The van der Waals surface area contributed by atoms with Crippen molar-refractivity contribution in [1.29, 1.82) is 0 Å². The van der Waals surface area contributed by atoms with Crippen LogP contribution in [0.1, 0.15) is 19.3 Å². The van der Waals surface area contributed by atoms with Gasteiger partial charge in [-0.2, -0.15) is 16.9 Å². The molecule has 4 rings (SSSR count). The van der Waals surface area contributed by atoms with Gasteiger partial charge in [0.15, 0.2) is 5.65 Å². The van der Waals surface area contributed by atoms with Crippen molar-refractivity contribution in [1.82, 2.24) is 19.5 Å². The van der Waals surface area contributed by atoms with Crippen molar-refractivity contribution < 1.29 is 4.79 Å². The monoisotopic (exact) mass is 345 g/mol. The minimum Gasteiger partial charge on any atom is -0.356 e. The van der Waals surface area contributed by atoms with Crippen LogP contribution < -0.4 is 4.90 Å². The minimum atomic E-state index is 0.354. The molecule has 0 atom stereocenters. The van der Waals surface area contributed by atoms with Gasteiger partial charge in [0.1, 0.15) is 5.82 Å². The summed E-state index contributed by atoms with van der Waals surface area (Å²) in [5.41, 5.74) is 0.882. The van der Waals surface area contributed by atoms with Crippen molar-refractivity contribution in [3.05, 3.63) is 24.5 Å². The molecule has 0 radical (unpaired) electrons. The average molecular weight is 345 g/mol. The predicted octanol–water partition coefficient (Wildman–Crippen LogP) is 1.91. The molecule has 2 aromatic heterocycles. The lowest BCUT2D eigenvalue weighted by Gasteiger charge is -2.34. The summed E-state index contributed by atoms with van der Waals surface area (Å²) in [6, 6.07) is 3.95. The first-order valence-electron chi connectivity index (χ1n) is 8.70. The second-order valence-corrected chi connectivity index (χ2v) is 7.77. The van der Waals surface area contributed by atoms with Gasteiger partial charge in [0.2, 0.25) is 5.91 Å². The highest BCUT2D eigenvalue weighted by Crippen LogP contribution is 2.25.